The Bertz CT molecular complexity index is 440. The number of aromatic amines is 1. The molecule has 1 heterocycles. The van der Waals surface area contributed by atoms with Crippen molar-refractivity contribution in [3.63, 3.8) is 0 Å². The number of carbonyl (C=O) groups excluding carboxylic acids is 1. The second-order valence-corrected chi connectivity index (χ2v) is 4.64. The third-order valence-corrected chi connectivity index (χ3v) is 2.97. The van der Waals surface area contributed by atoms with Crippen LogP contribution in [0.1, 0.15) is 44.0 Å². The summed E-state index contributed by atoms with van der Waals surface area (Å²) < 4.78 is 0. The standard InChI is InChI=1S/C13H24N6O/c1-2-3-4-5-6-10-11(18-9-17-10)7-8-16-12(14)19-13(15)20/h9H,2-8H2,1H3,(H,17,18)(H5,14,15,16,19,20). The second kappa shape index (κ2) is 8.95. The number of nitrogens with two attached hydrogens (primary N) is 2. The number of amides is 2. The van der Waals surface area contributed by atoms with Gasteiger partial charge in [-0.3, -0.25) is 10.3 Å². The van der Waals surface area contributed by atoms with Gasteiger partial charge in [-0.25, -0.2) is 9.78 Å². The smallest absolute Gasteiger partial charge is 0.318 e. The Morgan fingerprint density at radius 1 is 1.35 bits per heavy atom. The Balaban J connectivity index is 2.37. The largest absolute Gasteiger partial charge is 0.370 e. The zero-order chi connectivity index (χ0) is 14.8. The van der Waals surface area contributed by atoms with Gasteiger partial charge in [0.05, 0.1) is 12.0 Å². The number of carbonyl (C=O) groups is 1. The first-order chi connectivity index (χ1) is 9.63. The lowest BCUT2D eigenvalue weighted by Gasteiger charge is -2.03. The van der Waals surface area contributed by atoms with Gasteiger partial charge in [0.15, 0.2) is 5.96 Å². The molecule has 0 spiro atoms. The van der Waals surface area contributed by atoms with Gasteiger partial charge in [0, 0.05) is 18.7 Å². The molecule has 0 bridgehead atoms. The predicted molar refractivity (Wildman–Crippen MR) is 79.3 cm³/mol. The summed E-state index contributed by atoms with van der Waals surface area (Å²) in [5.41, 5.74) is 12.6. The van der Waals surface area contributed by atoms with Crippen LogP contribution in [-0.2, 0) is 12.8 Å². The maximum atomic E-state index is 10.6. The number of nitrogens with one attached hydrogen (secondary N) is 2. The third-order valence-electron chi connectivity index (χ3n) is 2.97. The fourth-order valence-corrected chi connectivity index (χ4v) is 1.96. The van der Waals surface area contributed by atoms with Crippen molar-refractivity contribution in [2.24, 2.45) is 16.5 Å². The molecule has 1 aromatic heterocycles. The minimum Gasteiger partial charge on any atom is -0.370 e. The van der Waals surface area contributed by atoms with Gasteiger partial charge in [-0.15, -0.1) is 0 Å². The molecule has 0 aliphatic rings. The molecule has 2 amide bonds. The van der Waals surface area contributed by atoms with E-state index in [4.69, 9.17) is 11.5 Å². The number of aryl methyl sites for hydroxylation is 1. The molecule has 20 heavy (non-hydrogen) atoms. The Hall–Kier alpha value is -2.05. The summed E-state index contributed by atoms with van der Waals surface area (Å²) in [7, 11) is 0. The average molecular weight is 280 g/mol. The summed E-state index contributed by atoms with van der Waals surface area (Å²) >= 11 is 0. The van der Waals surface area contributed by atoms with E-state index in [0.29, 0.717) is 13.0 Å². The number of nitrogens with zero attached hydrogens (tertiary/aromatic N) is 2. The van der Waals surface area contributed by atoms with Crippen LogP contribution in [0.5, 0.6) is 0 Å². The summed E-state index contributed by atoms with van der Waals surface area (Å²) in [6.45, 7) is 2.67. The quantitative estimate of drug-likeness (QED) is 0.323. The molecule has 1 rings (SSSR count). The highest BCUT2D eigenvalue weighted by Gasteiger charge is 2.05. The summed E-state index contributed by atoms with van der Waals surface area (Å²) in [5.74, 6) is 0.0394. The highest BCUT2D eigenvalue weighted by atomic mass is 16.2. The lowest BCUT2D eigenvalue weighted by molar-refractivity contribution is 0.253. The van der Waals surface area contributed by atoms with Gasteiger partial charge in [0.1, 0.15) is 0 Å². The van der Waals surface area contributed by atoms with Crippen LogP contribution in [0.2, 0.25) is 0 Å². The Labute approximate surface area is 119 Å². The van der Waals surface area contributed by atoms with Crippen LogP contribution >= 0.6 is 0 Å². The van der Waals surface area contributed by atoms with E-state index >= 15 is 0 Å². The summed E-state index contributed by atoms with van der Waals surface area (Å²) in [4.78, 5) is 22.0. The fraction of sp³-hybridized carbons (Fsp3) is 0.615. The van der Waals surface area contributed by atoms with Crippen molar-refractivity contribution in [2.45, 2.75) is 45.4 Å². The SMILES string of the molecule is CCCCCCc1[nH]cnc1CCN=C(N)NC(N)=O. The van der Waals surface area contributed by atoms with E-state index in [0.717, 1.165) is 24.2 Å². The fourth-order valence-electron chi connectivity index (χ4n) is 1.96. The molecule has 7 heteroatoms. The number of imidazole rings is 1. The van der Waals surface area contributed by atoms with Gasteiger partial charge in [0.25, 0.3) is 0 Å². The van der Waals surface area contributed by atoms with Crippen LogP contribution in [0.4, 0.5) is 4.79 Å². The van der Waals surface area contributed by atoms with Crippen molar-refractivity contribution in [3.8, 4) is 0 Å². The summed E-state index contributed by atoms with van der Waals surface area (Å²) in [5, 5.41) is 2.22. The number of H-pyrrole nitrogens is 1. The number of primary amides is 1. The van der Waals surface area contributed by atoms with Crippen LogP contribution in [0.3, 0.4) is 0 Å². The molecular formula is C13H24N6O. The normalized spacial score (nSPS) is 11.6. The number of urea groups is 1. The lowest BCUT2D eigenvalue weighted by atomic mass is 10.1. The minimum atomic E-state index is -0.706. The van der Waals surface area contributed by atoms with E-state index in [1.807, 2.05) is 0 Å². The van der Waals surface area contributed by atoms with Crippen molar-refractivity contribution in [1.82, 2.24) is 15.3 Å². The third kappa shape index (κ3) is 6.21. The molecule has 0 fully saturated rings. The number of hydrogen-bond donors (Lipinski definition) is 4. The molecule has 6 N–H and O–H groups in total. The topological polar surface area (TPSA) is 122 Å². The Morgan fingerprint density at radius 3 is 2.85 bits per heavy atom. The predicted octanol–water partition coefficient (Wildman–Crippen LogP) is 1.06. The maximum absolute atomic E-state index is 10.6. The monoisotopic (exact) mass is 280 g/mol. The molecule has 0 atom stereocenters. The van der Waals surface area contributed by atoms with E-state index in [-0.39, 0.29) is 5.96 Å². The van der Waals surface area contributed by atoms with Crippen molar-refractivity contribution in [3.05, 3.63) is 17.7 Å². The number of aliphatic imine (C=N–C) groups is 1. The van der Waals surface area contributed by atoms with Crippen molar-refractivity contribution in [2.75, 3.05) is 6.54 Å². The number of rotatable bonds is 8. The molecule has 0 saturated heterocycles. The molecule has 0 aliphatic carbocycles. The van der Waals surface area contributed by atoms with E-state index < -0.39 is 6.03 Å². The van der Waals surface area contributed by atoms with Crippen LogP contribution in [-0.4, -0.2) is 28.5 Å². The first kappa shape index (κ1) is 16.0. The molecule has 0 aliphatic heterocycles. The highest BCUT2D eigenvalue weighted by molar-refractivity contribution is 5.94. The van der Waals surface area contributed by atoms with Crippen LogP contribution in [0.25, 0.3) is 0 Å². The molecule has 0 saturated carbocycles. The number of aromatic nitrogens is 2. The van der Waals surface area contributed by atoms with E-state index in [1.165, 1.54) is 19.3 Å². The van der Waals surface area contributed by atoms with Crippen LogP contribution in [0, 0.1) is 0 Å². The van der Waals surface area contributed by atoms with Gasteiger partial charge >= 0.3 is 6.03 Å². The molecule has 0 unspecified atom stereocenters. The molecule has 1 aromatic rings. The Morgan fingerprint density at radius 2 is 2.15 bits per heavy atom. The lowest BCUT2D eigenvalue weighted by Crippen LogP contribution is -2.40. The van der Waals surface area contributed by atoms with Crippen molar-refractivity contribution >= 4 is 12.0 Å². The molecule has 112 valence electrons. The van der Waals surface area contributed by atoms with Crippen LogP contribution < -0.4 is 16.8 Å². The summed E-state index contributed by atoms with van der Waals surface area (Å²) in [6.07, 6.45) is 8.31. The second-order valence-electron chi connectivity index (χ2n) is 4.64. The van der Waals surface area contributed by atoms with Gasteiger partial charge in [-0.1, -0.05) is 26.2 Å². The Kier molecular flexibility index (Phi) is 7.16. The van der Waals surface area contributed by atoms with Gasteiger partial charge in [-0.2, -0.15) is 0 Å². The first-order valence-corrected chi connectivity index (χ1v) is 7.01. The van der Waals surface area contributed by atoms with E-state index in [9.17, 15) is 4.79 Å². The van der Waals surface area contributed by atoms with Crippen molar-refractivity contribution in [1.29, 1.82) is 0 Å². The first-order valence-electron chi connectivity index (χ1n) is 7.01. The van der Waals surface area contributed by atoms with Gasteiger partial charge in [0.2, 0.25) is 0 Å². The minimum absolute atomic E-state index is 0.0394. The summed E-state index contributed by atoms with van der Waals surface area (Å²) in [6, 6.07) is -0.706. The average Bonchev–Trinajstić information content (AvgIpc) is 2.81. The number of unbranched alkanes of at least 4 members (excludes halogenated alkanes) is 3. The molecule has 7 nitrogen and oxygen atoms in total. The van der Waals surface area contributed by atoms with Crippen LogP contribution in [0.15, 0.2) is 11.3 Å². The zero-order valence-electron chi connectivity index (χ0n) is 12.0. The number of guanidine groups is 1. The maximum Gasteiger partial charge on any atom is 0.318 e. The van der Waals surface area contributed by atoms with Gasteiger partial charge in [-0.05, 0) is 12.8 Å². The van der Waals surface area contributed by atoms with E-state index in [2.05, 4.69) is 27.2 Å². The molecule has 0 radical (unpaired) electrons. The molecular weight excluding hydrogens is 256 g/mol. The number of hydrogen-bond acceptors (Lipinski definition) is 3. The zero-order valence-corrected chi connectivity index (χ0v) is 12.0. The highest BCUT2D eigenvalue weighted by Crippen LogP contribution is 2.10. The van der Waals surface area contributed by atoms with E-state index in [1.54, 1.807) is 6.33 Å². The van der Waals surface area contributed by atoms with Crippen molar-refractivity contribution < 1.29 is 4.79 Å². The van der Waals surface area contributed by atoms with Gasteiger partial charge < -0.3 is 16.5 Å². The molecule has 0 aromatic carbocycles.